The van der Waals surface area contributed by atoms with Crippen LogP contribution in [0.5, 0.6) is 11.5 Å². The van der Waals surface area contributed by atoms with Crippen molar-refractivity contribution in [2.45, 2.75) is 13.8 Å². The SMILES string of the molecule is COc1cc(/C=C2/SC(=S)N(c3cccc(Br)c3)C2=O)ccc1OCC(=O)Nc1ccc(Br)c(C)c1C. The number of carbonyl (C=O) groups excluding carboxylic acids is 2. The Kier molecular flexibility index (Phi) is 8.74. The Hall–Kier alpha value is -2.66. The standard InChI is InChI=1S/C27H22Br2N2O4S2/c1-15-16(2)21(9-8-20(15)29)30-25(32)14-35-22-10-7-17(11-23(22)34-3)12-24-26(33)31(27(36)37-24)19-6-4-5-18(28)13-19/h4-13H,14H2,1-3H3,(H,30,32)/b24-12+. The van der Waals surface area contributed by atoms with Gasteiger partial charge in [-0.3, -0.25) is 14.5 Å². The molecule has 0 spiro atoms. The van der Waals surface area contributed by atoms with E-state index in [9.17, 15) is 9.59 Å². The second-order valence-corrected chi connectivity index (χ2v) is 11.5. The molecule has 4 rings (SSSR count). The third-order valence-corrected chi connectivity index (χ3v) is 8.35. The fraction of sp³-hybridized carbons (Fsp3) is 0.148. The van der Waals surface area contributed by atoms with E-state index in [1.807, 2.05) is 50.2 Å². The summed E-state index contributed by atoms with van der Waals surface area (Å²) in [6.45, 7) is 3.75. The Bertz CT molecular complexity index is 1440. The number of halogens is 2. The van der Waals surface area contributed by atoms with Crippen LogP contribution in [0, 0.1) is 13.8 Å². The number of nitrogens with one attached hydrogen (secondary N) is 1. The van der Waals surface area contributed by atoms with Crippen LogP contribution in [0.3, 0.4) is 0 Å². The third kappa shape index (κ3) is 6.26. The quantitative estimate of drug-likeness (QED) is 0.212. The number of thiocarbonyl (C=S) groups is 1. The van der Waals surface area contributed by atoms with Crippen LogP contribution in [0.1, 0.15) is 16.7 Å². The largest absolute Gasteiger partial charge is 0.493 e. The van der Waals surface area contributed by atoms with Crippen LogP contribution in [0.15, 0.2) is 68.4 Å². The zero-order valence-corrected chi connectivity index (χ0v) is 24.9. The highest BCUT2D eigenvalue weighted by Crippen LogP contribution is 2.38. The van der Waals surface area contributed by atoms with Crippen LogP contribution >= 0.6 is 55.8 Å². The van der Waals surface area contributed by atoms with Gasteiger partial charge in [-0.15, -0.1) is 0 Å². The number of methoxy groups -OCH3 is 1. The van der Waals surface area contributed by atoms with Crippen molar-refractivity contribution in [3.05, 3.63) is 85.1 Å². The van der Waals surface area contributed by atoms with E-state index >= 15 is 0 Å². The molecule has 1 aliphatic heterocycles. The molecule has 1 aliphatic rings. The molecule has 3 aromatic rings. The number of amides is 2. The van der Waals surface area contributed by atoms with Crippen LogP contribution in [0.25, 0.3) is 6.08 Å². The molecule has 37 heavy (non-hydrogen) atoms. The molecule has 1 saturated heterocycles. The summed E-state index contributed by atoms with van der Waals surface area (Å²) in [6.07, 6.45) is 1.76. The summed E-state index contributed by atoms with van der Waals surface area (Å²) >= 11 is 13.6. The van der Waals surface area contributed by atoms with Crippen molar-refractivity contribution in [3.63, 3.8) is 0 Å². The molecule has 10 heteroatoms. The number of hydrogen-bond donors (Lipinski definition) is 1. The van der Waals surface area contributed by atoms with Crippen molar-refractivity contribution in [1.82, 2.24) is 0 Å². The Labute approximate surface area is 241 Å². The summed E-state index contributed by atoms with van der Waals surface area (Å²) in [7, 11) is 1.52. The average Bonchev–Trinajstić information content (AvgIpc) is 3.15. The zero-order chi connectivity index (χ0) is 26.7. The predicted octanol–water partition coefficient (Wildman–Crippen LogP) is 7.26. The first-order valence-corrected chi connectivity index (χ1v) is 13.9. The van der Waals surface area contributed by atoms with Gasteiger partial charge in [0.1, 0.15) is 0 Å². The van der Waals surface area contributed by atoms with Crippen molar-refractivity contribution >= 4 is 89.4 Å². The molecule has 3 aromatic carbocycles. The minimum absolute atomic E-state index is 0.185. The van der Waals surface area contributed by atoms with Crippen molar-refractivity contribution < 1.29 is 19.1 Å². The van der Waals surface area contributed by atoms with Crippen LogP contribution in [0.2, 0.25) is 0 Å². The molecule has 6 nitrogen and oxygen atoms in total. The van der Waals surface area contributed by atoms with Crippen molar-refractivity contribution in [1.29, 1.82) is 0 Å². The highest BCUT2D eigenvalue weighted by Gasteiger charge is 2.33. The number of rotatable bonds is 7. The molecule has 0 radical (unpaired) electrons. The highest BCUT2D eigenvalue weighted by atomic mass is 79.9. The van der Waals surface area contributed by atoms with E-state index in [0.29, 0.717) is 26.4 Å². The van der Waals surface area contributed by atoms with Gasteiger partial charge in [-0.1, -0.05) is 68.0 Å². The number of carbonyl (C=O) groups is 2. The van der Waals surface area contributed by atoms with Crippen molar-refractivity contribution in [2.75, 3.05) is 23.9 Å². The number of nitrogens with zero attached hydrogens (tertiary/aromatic N) is 1. The van der Waals surface area contributed by atoms with Crippen LogP contribution < -0.4 is 19.7 Å². The summed E-state index contributed by atoms with van der Waals surface area (Å²) in [5.41, 5.74) is 4.22. The fourth-order valence-corrected chi connectivity index (χ4v) is 5.72. The number of anilines is 2. The molecular weight excluding hydrogens is 640 g/mol. The minimum Gasteiger partial charge on any atom is -0.493 e. The number of benzene rings is 3. The molecule has 2 amide bonds. The van der Waals surface area contributed by atoms with Crippen molar-refractivity contribution in [3.8, 4) is 11.5 Å². The Morgan fingerprint density at radius 3 is 2.59 bits per heavy atom. The third-order valence-electron chi connectivity index (χ3n) is 5.70. The number of hydrogen-bond acceptors (Lipinski definition) is 6. The van der Waals surface area contributed by atoms with Crippen LogP contribution in [-0.4, -0.2) is 29.9 Å². The van der Waals surface area contributed by atoms with Gasteiger partial charge in [0, 0.05) is 14.6 Å². The summed E-state index contributed by atoms with van der Waals surface area (Å²) in [4.78, 5) is 27.6. The van der Waals surface area contributed by atoms with Gasteiger partial charge < -0.3 is 14.8 Å². The Morgan fingerprint density at radius 2 is 1.86 bits per heavy atom. The molecule has 0 aromatic heterocycles. The Morgan fingerprint density at radius 1 is 1.08 bits per heavy atom. The lowest BCUT2D eigenvalue weighted by atomic mass is 10.1. The summed E-state index contributed by atoms with van der Waals surface area (Å²) < 4.78 is 13.5. The molecule has 0 unspecified atom stereocenters. The van der Waals surface area contributed by atoms with Gasteiger partial charge in [-0.05, 0) is 79.1 Å². The maximum Gasteiger partial charge on any atom is 0.270 e. The van der Waals surface area contributed by atoms with E-state index < -0.39 is 0 Å². The van der Waals surface area contributed by atoms with Gasteiger partial charge in [-0.2, -0.15) is 0 Å². The molecule has 0 atom stereocenters. The normalized spacial score (nSPS) is 14.3. The lowest BCUT2D eigenvalue weighted by molar-refractivity contribution is -0.118. The first kappa shape index (κ1) is 27.4. The second kappa shape index (κ2) is 11.8. The smallest absolute Gasteiger partial charge is 0.270 e. The monoisotopic (exact) mass is 660 g/mol. The molecule has 1 fully saturated rings. The highest BCUT2D eigenvalue weighted by molar-refractivity contribution is 9.10. The van der Waals surface area contributed by atoms with Crippen molar-refractivity contribution in [2.24, 2.45) is 0 Å². The summed E-state index contributed by atoms with van der Waals surface area (Å²) in [5.74, 6) is 0.384. The molecule has 0 aliphatic carbocycles. The van der Waals surface area contributed by atoms with Gasteiger partial charge in [-0.25, -0.2) is 0 Å². The van der Waals surface area contributed by atoms with Gasteiger partial charge in [0.25, 0.3) is 11.8 Å². The molecule has 0 saturated carbocycles. The van der Waals surface area contributed by atoms with E-state index in [1.165, 1.54) is 23.8 Å². The minimum atomic E-state index is -0.285. The molecule has 1 heterocycles. The predicted molar refractivity (Wildman–Crippen MR) is 161 cm³/mol. The molecule has 190 valence electrons. The van der Waals surface area contributed by atoms with E-state index in [2.05, 4.69) is 37.2 Å². The topological polar surface area (TPSA) is 67.9 Å². The Balaban J connectivity index is 1.46. The fourth-order valence-electron chi connectivity index (χ4n) is 3.60. The average molecular weight is 662 g/mol. The molecule has 0 bridgehead atoms. The van der Waals surface area contributed by atoms with Gasteiger partial charge >= 0.3 is 0 Å². The molecule has 1 N–H and O–H groups in total. The number of thioether (sulfide) groups is 1. The van der Waals surface area contributed by atoms with Gasteiger partial charge in [0.15, 0.2) is 22.4 Å². The van der Waals surface area contributed by atoms with E-state index in [1.54, 1.807) is 24.3 Å². The van der Waals surface area contributed by atoms with Crippen LogP contribution in [-0.2, 0) is 9.59 Å². The first-order chi connectivity index (χ1) is 17.7. The second-order valence-electron chi connectivity index (χ2n) is 8.09. The zero-order valence-electron chi connectivity index (χ0n) is 20.1. The van der Waals surface area contributed by atoms with Crippen LogP contribution in [0.4, 0.5) is 11.4 Å². The molecular formula is C27H22Br2N2O4S2. The maximum atomic E-state index is 13.1. The lowest BCUT2D eigenvalue weighted by Gasteiger charge is -2.14. The summed E-state index contributed by atoms with van der Waals surface area (Å²) in [5, 5.41) is 2.88. The van der Waals surface area contributed by atoms with E-state index in [0.717, 1.165) is 31.3 Å². The van der Waals surface area contributed by atoms with Gasteiger partial charge in [0.05, 0.1) is 17.7 Å². The lowest BCUT2D eigenvalue weighted by Crippen LogP contribution is -2.27. The summed E-state index contributed by atoms with van der Waals surface area (Å²) in [6, 6.07) is 16.4. The van der Waals surface area contributed by atoms with Gasteiger partial charge in [0.2, 0.25) is 0 Å². The van der Waals surface area contributed by atoms with E-state index in [-0.39, 0.29) is 18.4 Å². The maximum absolute atomic E-state index is 13.1. The first-order valence-electron chi connectivity index (χ1n) is 11.1. The van der Waals surface area contributed by atoms with E-state index in [4.69, 9.17) is 21.7 Å². The number of ether oxygens (including phenoxy) is 2.